The standard InChI is InChI=1S/C14H11Cl2F3N2O2/c15-11-8-20-21(13(22)12(11)16)5-2-6-23-10-4-1-3-9(7-10)14(17,18)19/h1,3-4,7-8H,2,5-6H2. The van der Waals surface area contributed by atoms with Crippen LogP contribution in [0.25, 0.3) is 0 Å². The second-order valence-electron chi connectivity index (χ2n) is 4.56. The van der Waals surface area contributed by atoms with E-state index in [0.717, 1.165) is 16.8 Å². The van der Waals surface area contributed by atoms with Gasteiger partial charge in [0.2, 0.25) is 0 Å². The van der Waals surface area contributed by atoms with Gasteiger partial charge in [0.25, 0.3) is 5.56 Å². The molecule has 0 atom stereocenters. The first kappa shape index (κ1) is 17.6. The fourth-order valence-corrected chi connectivity index (χ4v) is 2.04. The largest absolute Gasteiger partial charge is 0.494 e. The number of benzene rings is 1. The molecule has 1 heterocycles. The molecule has 0 aliphatic rings. The molecule has 124 valence electrons. The van der Waals surface area contributed by atoms with Crippen LogP contribution < -0.4 is 10.3 Å². The summed E-state index contributed by atoms with van der Waals surface area (Å²) in [5.41, 5.74) is -1.31. The lowest BCUT2D eigenvalue weighted by molar-refractivity contribution is -0.137. The fraction of sp³-hybridized carbons (Fsp3) is 0.286. The van der Waals surface area contributed by atoms with Crippen LogP contribution in [-0.4, -0.2) is 16.4 Å². The highest BCUT2D eigenvalue weighted by atomic mass is 35.5. The molecule has 1 aromatic heterocycles. The fourth-order valence-electron chi connectivity index (χ4n) is 1.77. The Hall–Kier alpha value is -1.73. The number of alkyl halides is 3. The topological polar surface area (TPSA) is 44.1 Å². The summed E-state index contributed by atoms with van der Waals surface area (Å²) in [6.45, 7) is 0.324. The molecule has 23 heavy (non-hydrogen) atoms. The Morgan fingerprint density at radius 2 is 2.00 bits per heavy atom. The van der Waals surface area contributed by atoms with E-state index in [9.17, 15) is 18.0 Å². The molecule has 0 saturated carbocycles. The molecular formula is C14H11Cl2F3N2O2. The van der Waals surface area contributed by atoms with Crippen LogP contribution in [0.15, 0.2) is 35.3 Å². The van der Waals surface area contributed by atoms with Gasteiger partial charge in [0, 0.05) is 13.0 Å². The summed E-state index contributed by atoms with van der Waals surface area (Å²) >= 11 is 11.4. The van der Waals surface area contributed by atoms with Crippen molar-refractivity contribution < 1.29 is 17.9 Å². The van der Waals surface area contributed by atoms with Gasteiger partial charge in [0.1, 0.15) is 10.8 Å². The molecule has 0 amide bonds. The Bertz CT molecular complexity index is 748. The van der Waals surface area contributed by atoms with E-state index in [2.05, 4.69) is 5.10 Å². The minimum absolute atomic E-state index is 0.0631. The number of ether oxygens (including phenoxy) is 1. The lowest BCUT2D eigenvalue weighted by Gasteiger charge is -2.10. The third kappa shape index (κ3) is 4.62. The number of aryl methyl sites for hydroxylation is 1. The van der Waals surface area contributed by atoms with Crippen molar-refractivity contribution in [3.8, 4) is 5.75 Å². The van der Waals surface area contributed by atoms with E-state index >= 15 is 0 Å². The molecule has 4 nitrogen and oxygen atoms in total. The van der Waals surface area contributed by atoms with Crippen LogP contribution in [0.4, 0.5) is 13.2 Å². The molecule has 0 radical (unpaired) electrons. The molecule has 2 aromatic rings. The van der Waals surface area contributed by atoms with Crippen molar-refractivity contribution in [3.63, 3.8) is 0 Å². The first-order valence-corrected chi connectivity index (χ1v) is 7.26. The van der Waals surface area contributed by atoms with Crippen LogP contribution in [0.3, 0.4) is 0 Å². The quantitative estimate of drug-likeness (QED) is 0.750. The van der Waals surface area contributed by atoms with Crippen molar-refractivity contribution in [1.82, 2.24) is 9.78 Å². The maximum Gasteiger partial charge on any atom is 0.416 e. The summed E-state index contributed by atoms with van der Waals surface area (Å²) < 4.78 is 44.1. The Morgan fingerprint density at radius 3 is 2.70 bits per heavy atom. The van der Waals surface area contributed by atoms with Gasteiger partial charge in [-0.1, -0.05) is 29.3 Å². The number of hydrogen-bond donors (Lipinski definition) is 0. The maximum absolute atomic E-state index is 12.6. The van der Waals surface area contributed by atoms with E-state index in [1.807, 2.05) is 0 Å². The highest BCUT2D eigenvalue weighted by Crippen LogP contribution is 2.31. The SMILES string of the molecule is O=c1c(Cl)c(Cl)cnn1CCCOc1cccc(C(F)(F)F)c1. The van der Waals surface area contributed by atoms with Gasteiger partial charge in [-0.2, -0.15) is 18.3 Å². The van der Waals surface area contributed by atoms with Gasteiger partial charge in [0.15, 0.2) is 0 Å². The number of aromatic nitrogens is 2. The summed E-state index contributed by atoms with van der Waals surface area (Å²) in [5.74, 6) is 0.106. The molecular weight excluding hydrogens is 356 g/mol. The summed E-state index contributed by atoms with van der Waals surface area (Å²) in [5, 5.41) is 3.75. The lowest BCUT2D eigenvalue weighted by atomic mass is 10.2. The second kappa shape index (κ2) is 7.23. The maximum atomic E-state index is 12.6. The van der Waals surface area contributed by atoms with Gasteiger partial charge in [-0.15, -0.1) is 0 Å². The molecule has 0 aliphatic carbocycles. The zero-order valence-electron chi connectivity index (χ0n) is 11.6. The van der Waals surface area contributed by atoms with E-state index in [1.165, 1.54) is 18.3 Å². The normalized spacial score (nSPS) is 11.5. The molecule has 0 bridgehead atoms. The number of nitrogens with zero attached hydrogens (tertiary/aromatic N) is 2. The van der Waals surface area contributed by atoms with Gasteiger partial charge in [0.05, 0.1) is 23.4 Å². The molecule has 0 aliphatic heterocycles. The van der Waals surface area contributed by atoms with Gasteiger partial charge in [-0.25, -0.2) is 4.68 Å². The molecule has 0 unspecified atom stereocenters. The first-order valence-electron chi connectivity index (χ1n) is 6.50. The molecule has 0 saturated heterocycles. The van der Waals surface area contributed by atoms with E-state index in [1.54, 1.807) is 0 Å². The van der Waals surface area contributed by atoms with E-state index in [-0.39, 0.29) is 28.9 Å². The van der Waals surface area contributed by atoms with E-state index < -0.39 is 17.3 Å². The van der Waals surface area contributed by atoms with Crippen molar-refractivity contribution in [3.05, 3.63) is 56.4 Å². The Kier molecular flexibility index (Phi) is 5.54. The van der Waals surface area contributed by atoms with Crippen LogP contribution in [-0.2, 0) is 12.7 Å². The predicted molar refractivity (Wildman–Crippen MR) is 80.1 cm³/mol. The molecule has 0 spiro atoms. The number of hydrogen-bond acceptors (Lipinski definition) is 3. The Balaban J connectivity index is 1.91. The van der Waals surface area contributed by atoms with Crippen LogP contribution in [0, 0.1) is 0 Å². The number of halogens is 5. The molecule has 2 rings (SSSR count). The minimum atomic E-state index is -4.42. The highest BCUT2D eigenvalue weighted by molar-refractivity contribution is 6.41. The van der Waals surface area contributed by atoms with Crippen LogP contribution in [0.5, 0.6) is 5.75 Å². The predicted octanol–water partition coefficient (Wildman–Crippen LogP) is 4.04. The third-order valence-corrected chi connectivity index (χ3v) is 3.64. The molecule has 0 fully saturated rings. The van der Waals surface area contributed by atoms with Gasteiger partial charge in [-0.05, 0) is 18.2 Å². The average molecular weight is 367 g/mol. The van der Waals surface area contributed by atoms with E-state index in [0.29, 0.717) is 6.42 Å². The minimum Gasteiger partial charge on any atom is -0.494 e. The van der Waals surface area contributed by atoms with Crippen LogP contribution >= 0.6 is 23.2 Å². The van der Waals surface area contributed by atoms with Crippen LogP contribution in [0.2, 0.25) is 10.0 Å². The van der Waals surface area contributed by atoms with Gasteiger partial charge in [-0.3, -0.25) is 4.79 Å². The monoisotopic (exact) mass is 366 g/mol. The summed E-state index contributed by atoms with van der Waals surface area (Å²) in [6.07, 6.45) is -2.81. The summed E-state index contributed by atoms with van der Waals surface area (Å²) in [4.78, 5) is 11.7. The second-order valence-corrected chi connectivity index (χ2v) is 5.35. The van der Waals surface area contributed by atoms with Gasteiger partial charge >= 0.3 is 6.18 Å². The van der Waals surface area contributed by atoms with Crippen molar-refractivity contribution in [2.24, 2.45) is 0 Å². The first-order chi connectivity index (χ1) is 10.8. The Labute approximate surface area is 139 Å². The molecule has 9 heteroatoms. The zero-order chi connectivity index (χ0) is 17.0. The van der Waals surface area contributed by atoms with Crippen LogP contribution in [0.1, 0.15) is 12.0 Å². The van der Waals surface area contributed by atoms with E-state index in [4.69, 9.17) is 27.9 Å². The Morgan fingerprint density at radius 1 is 1.26 bits per heavy atom. The van der Waals surface area contributed by atoms with Crippen molar-refractivity contribution in [2.45, 2.75) is 19.1 Å². The smallest absolute Gasteiger partial charge is 0.416 e. The summed E-state index contributed by atoms with van der Waals surface area (Å²) in [6, 6.07) is 4.58. The third-order valence-electron chi connectivity index (χ3n) is 2.89. The van der Waals surface area contributed by atoms with Crippen molar-refractivity contribution in [2.75, 3.05) is 6.61 Å². The highest BCUT2D eigenvalue weighted by Gasteiger charge is 2.30. The van der Waals surface area contributed by atoms with Crippen molar-refractivity contribution in [1.29, 1.82) is 0 Å². The van der Waals surface area contributed by atoms with Crippen molar-refractivity contribution >= 4 is 23.2 Å². The zero-order valence-corrected chi connectivity index (χ0v) is 13.1. The molecule has 0 N–H and O–H groups in total. The average Bonchev–Trinajstić information content (AvgIpc) is 2.50. The number of rotatable bonds is 5. The van der Waals surface area contributed by atoms with Gasteiger partial charge < -0.3 is 4.74 Å². The summed E-state index contributed by atoms with van der Waals surface area (Å²) in [7, 11) is 0. The lowest BCUT2D eigenvalue weighted by Crippen LogP contribution is -2.24. The molecule has 1 aromatic carbocycles.